The summed E-state index contributed by atoms with van der Waals surface area (Å²) >= 11 is 1.57. The quantitative estimate of drug-likeness (QED) is 0.792. The standard InChI is InChI=1S/C19H24N2O2S/c1-5-7-17-14(6-2)10-18(24-17)19(23)21-16-11-15(20-13(4)22)9-8-12(16)3/h8-11H,5-7H2,1-4H3,(H,20,22)(H,21,23). The third-order valence-electron chi connectivity index (χ3n) is 3.78. The predicted octanol–water partition coefficient (Wildman–Crippen LogP) is 4.78. The van der Waals surface area contributed by atoms with Crippen molar-refractivity contribution in [3.8, 4) is 0 Å². The molecule has 1 aromatic heterocycles. The number of amides is 2. The van der Waals surface area contributed by atoms with Crippen molar-refractivity contribution in [3.05, 3.63) is 45.1 Å². The van der Waals surface area contributed by atoms with Crippen LogP contribution in [-0.2, 0) is 17.6 Å². The summed E-state index contributed by atoms with van der Waals surface area (Å²) in [5, 5.41) is 5.70. The Kier molecular flexibility index (Phi) is 6.15. The zero-order chi connectivity index (χ0) is 17.7. The summed E-state index contributed by atoms with van der Waals surface area (Å²) in [6, 6.07) is 7.50. The lowest BCUT2D eigenvalue weighted by molar-refractivity contribution is -0.114. The average Bonchev–Trinajstić information content (AvgIpc) is 2.93. The average molecular weight is 344 g/mol. The number of nitrogens with one attached hydrogen (secondary N) is 2. The Morgan fingerprint density at radius 2 is 1.88 bits per heavy atom. The minimum Gasteiger partial charge on any atom is -0.326 e. The van der Waals surface area contributed by atoms with Gasteiger partial charge < -0.3 is 10.6 Å². The number of benzene rings is 1. The van der Waals surface area contributed by atoms with Crippen LogP contribution in [0, 0.1) is 6.92 Å². The number of carbonyl (C=O) groups excluding carboxylic acids is 2. The number of anilines is 2. The van der Waals surface area contributed by atoms with Crippen LogP contribution in [0.4, 0.5) is 11.4 Å². The summed E-state index contributed by atoms with van der Waals surface area (Å²) in [6.07, 6.45) is 3.03. The van der Waals surface area contributed by atoms with E-state index in [0.717, 1.165) is 35.4 Å². The first-order chi connectivity index (χ1) is 11.4. The number of thiophene rings is 1. The molecule has 0 atom stereocenters. The van der Waals surface area contributed by atoms with Gasteiger partial charge in [-0.1, -0.05) is 26.3 Å². The lowest BCUT2D eigenvalue weighted by Crippen LogP contribution is -2.12. The zero-order valence-electron chi connectivity index (χ0n) is 14.7. The van der Waals surface area contributed by atoms with Gasteiger partial charge in [-0.05, 0) is 49.1 Å². The van der Waals surface area contributed by atoms with E-state index in [9.17, 15) is 9.59 Å². The van der Waals surface area contributed by atoms with Gasteiger partial charge in [-0.3, -0.25) is 9.59 Å². The lowest BCUT2D eigenvalue weighted by Gasteiger charge is -2.10. The van der Waals surface area contributed by atoms with Crippen LogP contribution in [-0.4, -0.2) is 11.8 Å². The summed E-state index contributed by atoms with van der Waals surface area (Å²) in [5.74, 6) is -0.230. The third-order valence-corrected chi connectivity index (χ3v) is 5.02. The SMILES string of the molecule is CCCc1sc(C(=O)Nc2cc(NC(C)=O)ccc2C)cc1CC. The van der Waals surface area contributed by atoms with Crippen molar-refractivity contribution >= 4 is 34.5 Å². The first kappa shape index (κ1) is 18.2. The Labute approximate surface area is 147 Å². The molecule has 2 N–H and O–H groups in total. The maximum Gasteiger partial charge on any atom is 0.265 e. The Bertz CT molecular complexity index is 750. The Hall–Kier alpha value is -2.14. The maximum absolute atomic E-state index is 12.6. The second-order valence-electron chi connectivity index (χ2n) is 5.83. The first-order valence-electron chi connectivity index (χ1n) is 8.25. The molecule has 0 unspecified atom stereocenters. The van der Waals surface area contributed by atoms with Crippen molar-refractivity contribution < 1.29 is 9.59 Å². The third kappa shape index (κ3) is 4.45. The summed E-state index contributed by atoms with van der Waals surface area (Å²) in [6.45, 7) is 7.66. The van der Waals surface area contributed by atoms with Gasteiger partial charge in [0.25, 0.3) is 5.91 Å². The molecule has 2 rings (SSSR count). The van der Waals surface area contributed by atoms with Crippen molar-refractivity contribution in [2.24, 2.45) is 0 Å². The van der Waals surface area contributed by atoms with E-state index in [1.54, 1.807) is 17.4 Å². The number of aryl methyl sites for hydroxylation is 3. The fraction of sp³-hybridized carbons (Fsp3) is 0.368. The molecule has 0 aliphatic carbocycles. The molecule has 0 spiro atoms. The molecule has 24 heavy (non-hydrogen) atoms. The summed E-state index contributed by atoms with van der Waals surface area (Å²) < 4.78 is 0. The highest BCUT2D eigenvalue weighted by atomic mass is 32.1. The van der Waals surface area contributed by atoms with Gasteiger partial charge in [0.15, 0.2) is 0 Å². The van der Waals surface area contributed by atoms with Crippen LogP contribution in [0.15, 0.2) is 24.3 Å². The maximum atomic E-state index is 12.6. The molecule has 128 valence electrons. The molecule has 1 aromatic carbocycles. The normalized spacial score (nSPS) is 10.5. The Balaban J connectivity index is 2.21. The lowest BCUT2D eigenvalue weighted by atomic mass is 10.1. The van der Waals surface area contributed by atoms with Crippen LogP contribution in [0.25, 0.3) is 0 Å². The van der Waals surface area contributed by atoms with E-state index in [1.807, 2.05) is 25.1 Å². The minimum atomic E-state index is -0.133. The second kappa shape index (κ2) is 8.11. The molecule has 4 nitrogen and oxygen atoms in total. The van der Waals surface area contributed by atoms with Gasteiger partial charge in [0.1, 0.15) is 0 Å². The predicted molar refractivity (Wildman–Crippen MR) is 101 cm³/mol. The molecule has 2 aromatic rings. The van der Waals surface area contributed by atoms with Gasteiger partial charge in [-0.25, -0.2) is 0 Å². The van der Waals surface area contributed by atoms with Gasteiger partial charge in [0.2, 0.25) is 5.91 Å². The van der Waals surface area contributed by atoms with E-state index in [4.69, 9.17) is 0 Å². The van der Waals surface area contributed by atoms with Gasteiger partial charge in [-0.2, -0.15) is 0 Å². The van der Waals surface area contributed by atoms with Crippen LogP contribution in [0.1, 0.15) is 52.9 Å². The molecule has 0 aliphatic rings. The Morgan fingerprint density at radius 3 is 2.50 bits per heavy atom. The van der Waals surface area contributed by atoms with Crippen LogP contribution in [0.5, 0.6) is 0 Å². The second-order valence-corrected chi connectivity index (χ2v) is 6.96. The van der Waals surface area contributed by atoms with E-state index in [2.05, 4.69) is 24.5 Å². The van der Waals surface area contributed by atoms with Crippen molar-refractivity contribution in [2.45, 2.75) is 47.0 Å². The van der Waals surface area contributed by atoms with Gasteiger partial charge in [0.05, 0.1) is 4.88 Å². The van der Waals surface area contributed by atoms with E-state index in [1.165, 1.54) is 17.4 Å². The van der Waals surface area contributed by atoms with Crippen molar-refractivity contribution in [1.29, 1.82) is 0 Å². The first-order valence-corrected chi connectivity index (χ1v) is 9.07. The van der Waals surface area contributed by atoms with Gasteiger partial charge in [0, 0.05) is 23.2 Å². The molecule has 0 fully saturated rings. The van der Waals surface area contributed by atoms with Crippen LogP contribution >= 0.6 is 11.3 Å². The molecule has 2 amide bonds. The summed E-state index contributed by atoms with van der Waals surface area (Å²) in [4.78, 5) is 25.8. The molecular formula is C19H24N2O2S. The van der Waals surface area contributed by atoms with Gasteiger partial charge in [-0.15, -0.1) is 11.3 Å². The fourth-order valence-electron chi connectivity index (χ4n) is 2.54. The molecule has 0 saturated carbocycles. The number of hydrogen-bond donors (Lipinski definition) is 2. The molecule has 5 heteroatoms. The smallest absolute Gasteiger partial charge is 0.265 e. The molecular weight excluding hydrogens is 320 g/mol. The van der Waals surface area contributed by atoms with E-state index >= 15 is 0 Å². The number of carbonyl (C=O) groups is 2. The van der Waals surface area contributed by atoms with Crippen LogP contribution in [0.3, 0.4) is 0 Å². The fourth-order valence-corrected chi connectivity index (χ4v) is 3.79. The monoisotopic (exact) mass is 344 g/mol. The molecule has 0 bridgehead atoms. The molecule has 1 heterocycles. The molecule has 0 radical (unpaired) electrons. The summed E-state index contributed by atoms with van der Waals surface area (Å²) in [5.41, 5.74) is 3.61. The number of rotatable bonds is 6. The van der Waals surface area contributed by atoms with Crippen molar-refractivity contribution in [2.75, 3.05) is 10.6 Å². The van der Waals surface area contributed by atoms with E-state index in [0.29, 0.717) is 5.69 Å². The minimum absolute atomic E-state index is 0.0971. The topological polar surface area (TPSA) is 58.2 Å². The highest BCUT2D eigenvalue weighted by Crippen LogP contribution is 2.27. The molecule has 0 aliphatic heterocycles. The van der Waals surface area contributed by atoms with E-state index < -0.39 is 0 Å². The Morgan fingerprint density at radius 1 is 1.12 bits per heavy atom. The highest BCUT2D eigenvalue weighted by molar-refractivity contribution is 7.14. The van der Waals surface area contributed by atoms with E-state index in [-0.39, 0.29) is 11.8 Å². The number of hydrogen-bond acceptors (Lipinski definition) is 3. The van der Waals surface area contributed by atoms with Crippen LogP contribution in [0.2, 0.25) is 0 Å². The van der Waals surface area contributed by atoms with Crippen molar-refractivity contribution in [3.63, 3.8) is 0 Å². The highest BCUT2D eigenvalue weighted by Gasteiger charge is 2.14. The largest absolute Gasteiger partial charge is 0.326 e. The van der Waals surface area contributed by atoms with Crippen molar-refractivity contribution in [1.82, 2.24) is 0 Å². The van der Waals surface area contributed by atoms with Crippen LogP contribution < -0.4 is 10.6 Å². The molecule has 0 saturated heterocycles. The van der Waals surface area contributed by atoms with Gasteiger partial charge >= 0.3 is 0 Å². The zero-order valence-corrected chi connectivity index (χ0v) is 15.5. The summed E-state index contributed by atoms with van der Waals surface area (Å²) in [7, 11) is 0.